The van der Waals surface area contributed by atoms with E-state index in [-0.39, 0.29) is 24.0 Å². The van der Waals surface area contributed by atoms with Crippen molar-refractivity contribution in [2.45, 2.75) is 46.3 Å². The summed E-state index contributed by atoms with van der Waals surface area (Å²) in [6.07, 6.45) is 0. The lowest BCUT2D eigenvalue weighted by atomic mass is 10.2. The van der Waals surface area contributed by atoms with Crippen molar-refractivity contribution in [3.05, 3.63) is 30.1 Å². The Labute approximate surface area is 174 Å². The number of guanidine groups is 1. The van der Waals surface area contributed by atoms with E-state index in [1.165, 1.54) is 0 Å². The first-order valence-electron chi connectivity index (χ1n) is 9.04. The molecule has 6 nitrogen and oxygen atoms in total. The zero-order valence-corrected chi connectivity index (χ0v) is 19.1. The summed E-state index contributed by atoms with van der Waals surface area (Å²) in [6.45, 7) is 11.4. The summed E-state index contributed by atoms with van der Waals surface area (Å²) in [5.74, 6) is 1.80. The van der Waals surface area contributed by atoms with E-state index in [1.807, 2.05) is 25.2 Å². The lowest BCUT2D eigenvalue weighted by Gasteiger charge is -2.30. The van der Waals surface area contributed by atoms with Crippen molar-refractivity contribution in [3.63, 3.8) is 0 Å². The van der Waals surface area contributed by atoms with Gasteiger partial charge < -0.3 is 15.2 Å². The molecule has 0 fully saturated rings. The minimum atomic E-state index is 0. The Morgan fingerprint density at radius 3 is 2.38 bits per heavy atom. The minimum absolute atomic E-state index is 0. The third-order valence-corrected chi connectivity index (χ3v) is 4.51. The number of nitrogens with zero attached hydrogens (tertiary/aromatic N) is 4. The van der Waals surface area contributed by atoms with Crippen molar-refractivity contribution in [2.75, 3.05) is 20.1 Å². The van der Waals surface area contributed by atoms with Crippen LogP contribution >= 0.6 is 24.0 Å². The molecule has 2 N–H and O–H groups in total. The molecule has 146 valence electrons. The Morgan fingerprint density at radius 1 is 1.15 bits per heavy atom. The normalized spacial score (nSPS) is 12.1. The van der Waals surface area contributed by atoms with Crippen molar-refractivity contribution in [1.82, 2.24) is 25.1 Å². The van der Waals surface area contributed by atoms with Crippen molar-refractivity contribution in [3.8, 4) is 0 Å². The summed E-state index contributed by atoms with van der Waals surface area (Å²) in [5.41, 5.74) is 2.17. The van der Waals surface area contributed by atoms with Crippen molar-refractivity contribution in [1.29, 1.82) is 0 Å². The lowest BCUT2D eigenvalue weighted by molar-refractivity contribution is 0.178. The van der Waals surface area contributed by atoms with Gasteiger partial charge in [0.25, 0.3) is 0 Å². The zero-order valence-electron chi connectivity index (χ0n) is 16.8. The highest BCUT2D eigenvalue weighted by atomic mass is 127. The molecule has 0 aliphatic carbocycles. The number of benzene rings is 1. The number of aromatic nitrogens is 2. The van der Waals surface area contributed by atoms with E-state index >= 15 is 0 Å². The number of imidazole rings is 1. The Kier molecular flexibility index (Phi) is 9.35. The van der Waals surface area contributed by atoms with Crippen molar-refractivity contribution >= 4 is 41.0 Å². The number of aryl methyl sites for hydroxylation is 1. The van der Waals surface area contributed by atoms with Crippen LogP contribution in [-0.2, 0) is 13.6 Å². The summed E-state index contributed by atoms with van der Waals surface area (Å²) in [5, 5.41) is 6.75. The summed E-state index contributed by atoms with van der Waals surface area (Å²) in [6, 6.07) is 9.26. The topological polar surface area (TPSA) is 57.5 Å². The summed E-state index contributed by atoms with van der Waals surface area (Å²) < 4.78 is 2.12. The van der Waals surface area contributed by atoms with Crippen molar-refractivity contribution in [2.24, 2.45) is 12.0 Å². The highest BCUT2D eigenvalue weighted by Crippen LogP contribution is 2.13. The molecule has 0 saturated carbocycles. The van der Waals surface area contributed by atoms with Gasteiger partial charge in [0.15, 0.2) is 5.96 Å². The van der Waals surface area contributed by atoms with E-state index in [9.17, 15) is 0 Å². The number of rotatable bonds is 7. The summed E-state index contributed by atoms with van der Waals surface area (Å²) in [7, 11) is 3.85. The molecule has 7 heteroatoms. The smallest absolute Gasteiger partial charge is 0.191 e. The largest absolute Gasteiger partial charge is 0.355 e. The maximum atomic E-state index is 4.68. The van der Waals surface area contributed by atoms with E-state index < -0.39 is 0 Å². The van der Waals surface area contributed by atoms with Crippen LogP contribution in [0.15, 0.2) is 29.3 Å². The molecule has 0 saturated heterocycles. The molecule has 2 rings (SSSR count). The highest BCUT2D eigenvalue weighted by Gasteiger charge is 2.13. The van der Waals surface area contributed by atoms with Gasteiger partial charge in [-0.1, -0.05) is 12.1 Å². The maximum absolute atomic E-state index is 4.68. The first-order chi connectivity index (χ1) is 11.9. The van der Waals surface area contributed by atoms with Gasteiger partial charge in [0.05, 0.1) is 17.6 Å². The third-order valence-electron chi connectivity index (χ3n) is 4.51. The minimum Gasteiger partial charge on any atom is -0.355 e. The quantitative estimate of drug-likeness (QED) is 0.370. The molecule has 0 atom stereocenters. The average Bonchev–Trinajstić information content (AvgIpc) is 2.90. The second-order valence-electron chi connectivity index (χ2n) is 6.85. The molecule has 1 aromatic heterocycles. The molecule has 0 amide bonds. The molecule has 0 radical (unpaired) electrons. The highest BCUT2D eigenvalue weighted by molar-refractivity contribution is 14.0. The van der Waals surface area contributed by atoms with Crippen LogP contribution in [0.25, 0.3) is 11.0 Å². The lowest BCUT2D eigenvalue weighted by Crippen LogP contribution is -2.45. The Bertz CT molecular complexity index is 699. The monoisotopic (exact) mass is 472 g/mol. The molecule has 0 aliphatic heterocycles. The Morgan fingerprint density at radius 2 is 1.81 bits per heavy atom. The molecule has 0 spiro atoms. The van der Waals surface area contributed by atoms with E-state index in [2.05, 4.69) is 63.8 Å². The van der Waals surface area contributed by atoms with Crippen LogP contribution < -0.4 is 10.6 Å². The van der Waals surface area contributed by atoms with E-state index in [1.54, 1.807) is 7.05 Å². The van der Waals surface area contributed by atoms with Crippen LogP contribution in [0.5, 0.6) is 0 Å². The number of para-hydroxylation sites is 2. The van der Waals surface area contributed by atoms with E-state index in [4.69, 9.17) is 0 Å². The van der Waals surface area contributed by atoms with Gasteiger partial charge in [0, 0.05) is 39.3 Å². The predicted molar refractivity (Wildman–Crippen MR) is 121 cm³/mol. The molecule has 1 aromatic carbocycles. The Hall–Kier alpha value is -1.35. The first kappa shape index (κ1) is 22.7. The fourth-order valence-corrected chi connectivity index (χ4v) is 3.15. The van der Waals surface area contributed by atoms with Crippen LogP contribution in [0.4, 0.5) is 0 Å². The van der Waals surface area contributed by atoms with Gasteiger partial charge in [-0.15, -0.1) is 24.0 Å². The zero-order chi connectivity index (χ0) is 18.4. The van der Waals surface area contributed by atoms with Crippen molar-refractivity contribution < 1.29 is 0 Å². The second-order valence-corrected chi connectivity index (χ2v) is 6.85. The summed E-state index contributed by atoms with van der Waals surface area (Å²) in [4.78, 5) is 11.5. The van der Waals surface area contributed by atoms with Gasteiger partial charge in [-0.05, 0) is 39.8 Å². The number of halogens is 1. The fraction of sp³-hybridized carbons (Fsp3) is 0.579. The fourth-order valence-electron chi connectivity index (χ4n) is 3.15. The average molecular weight is 472 g/mol. The molecular formula is C19H33IN6. The van der Waals surface area contributed by atoms with Crippen LogP contribution in [-0.4, -0.2) is 52.6 Å². The predicted octanol–water partition coefficient (Wildman–Crippen LogP) is 2.98. The number of fused-ring (bicyclic) bond motifs is 1. The first-order valence-corrected chi connectivity index (χ1v) is 9.04. The SMILES string of the molecule is CN=C(NCCN(C(C)C)C(C)C)NCc1nc2ccccc2n1C.I. The number of aliphatic imine (C=N–C) groups is 1. The van der Waals surface area contributed by atoms with E-state index in [0.29, 0.717) is 18.6 Å². The van der Waals surface area contributed by atoms with Crippen LogP contribution in [0.1, 0.15) is 33.5 Å². The van der Waals surface area contributed by atoms with Gasteiger partial charge in [0.1, 0.15) is 5.82 Å². The Balaban J connectivity index is 0.00000338. The second kappa shape index (κ2) is 10.7. The van der Waals surface area contributed by atoms with Gasteiger partial charge in [0.2, 0.25) is 0 Å². The van der Waals surface area contributed by atoms with Crippen LogP contribution in [0.3, 0.4) is 0 Å². The molecule has 26 heavy (non-hydrogen) atoms. The van der Waals surface area contributed by atoms with E-state index in [0.717, 1.165) is 35.9 Å². The number of hydrogen-bond donors (Lipinski definition) is 2. The summed E-state index contributed by atoms with van der Waals surface area (Å²) >= 11 is 0. The standard InChI is InChI=1S/C19H32N6.HI/c1-14(2)25(15(3)4)12-11-21-19(20-5)22-13-18-23-16-9-7-8-10-17(16)24(18)6;/h7-10,14-15H,11-13H2,1-6H3,(H2,20,21,22);1H. The molecule has 1 heterocycles. The number of hydrogen-bond acceptors (Lipinski definition) is 3. The van der Waals surface area contributed by atoms with Gasteiger partial charge in [-0.2, -0.15) is 0 Å². The molecule has 2 aromatic rings. The van der Waals surface area contributed by atoms with Crippen LogP contribution in [0, 0.1) is 0 Å². The molecule has 0 bridgehead atoms. The van der Waals surface area contributed by atoms with Crippen LogP contribution in [0.2, 0.25) is 0 Å². The van der Waals surface area contributed by atoms with Gasteiger partial charge >= 0.3 is 0 Å². The number of nitrogens with one attached hydrogen (secondary N) is 2. The van der Waals surface area contributed by atoms with Gasteiger partial charge in [-0.3, -0.25) is 9.89 Å². The molecule has 0 unspecified atom stereocenters. The third kappa shape index (κ3) is 5.84. The molecule has 0 aliphatic rings. The molecular weight excluding hydrogens is 439 g/mol. The maximum Gasteiger partial charge on any atom is 0.191 e. The van der Waals surface area contributed by atoms with Gasteiger partial charge in [-0.25, -0.2) is 4.98 Å².